The number of benzene rings is 1. The Morgan fingerprint density at radius 1 is 1.14 bits per heavy atom. The summed E-state index contributed by atoms with van der Waals surface area (Å²) in [5, 5.41) is 3.10. The van der Waals surface area contributed by atoms with Crippen LogP contribution in [0.1, 0.15) is 19.0 Å². The topological polar surface area (TPSA) is 71.0 Å². The Balaban J connectivity index is 1.59. The third-order valence-electron chi connectivity index (χ3n) is 4.77. The molecule has 2 aromatic heterocycles. The number of nitrogens with zero attached hydrogens (tertiary/aromatic N) is 4. The highest BCUT2D eigenvalue weighted by Crippen LogP contribution is 2.29. The van der Waals surface area contributed by atoms with E-state index in [0.29, 0.717) is 30.2 Å². The molecule has 1 aliphatic rings. The highest BCUT2D eigenvalue weighted by Gasteiger charge is 2.35. The van der Waals surface area contributed by atoms with Gasteiger partial charge in [0, 0.05) is 24.5 Å². The molecule has 0 aliphatic carbocycles. The molecular weight excluding hydrogens is 376 g/mol. The molecule has 1 N–H and O–H groups in total. The highest BCUT2D eigenvalue weighted by atomic mass is 19.1. The highest BCUT2D eigenvalue weighted by molar-refractivity contribution is 6.01. The molecule has 3 aromatic rings. The van der Waals surface area contributed by atoms with Crippen LogP contribution < -0.4 is 10.2 Å². The van der Waals surface area contributed by atoms with Gasteiger partial charge in [0.15, 0.2) is 5.82 Å². The van der Waals surface area contributed by atoms with Gasteiger partial charge in [-0.1, -0.05) is 19.1 Å². The zero-order valence-electron chi connectivity index (χ0n) is 15.8. The van der Waals surface area contributed by atoms with Gasteiger partial charge in [0.05, 0.1) is 0 Å². The van der Waals surface area contributed by atoms with Crippen molar-refractivity contribution in [2.45, 2.75) is 25.8 Å². The van der Waals surface area contributed by atoms with Crippen LogP contribution in [0.3, 0.4) is 0 Å². The largest absolute Gasteiger partial charge is 0.358 e. The Labute approximate surface area is 166 Å². The third kappa shape index (κ3) is 3.78. The lowest BCUT2D eigenvalue weighted by Gasteiger charge is -2.19. The zero-order valence-corrected chi connectivity index (χ0v) is 15.8. The van der Waals surface area contributed by atoms with Crippen LogP contribution in [0, 0.1) is 11.6 Å². The maximum atomic E-state index is 14.1. The lowest BCUT2D eigenvalue weighted by molar-refractivity contribution is -0.117. The van der Waals surface area contributed by atoms with Crippen molar-refractivity contribution in [1.29, 1.82) is 0 Å². The second kappa shape index (κ2) is 7.90. The Morgan fingerprint density at radius 3 is 2.62 bits per heavy atom. The molecule has 0 bridgehead atoms. The fourth-order valence-electron chi connectivity index (χ4n) is 3.32. The van der Waals surface area contributed by atoms with Crippen molar-refractivity contribution in [3.8, 4) is 11.5 Å². The summed E-state index contributed by atoms with van der Waals surface area (Å²) in [6.45, 7) is 2.19. The summed E-state index contributed by atoms with van der Waals surface area (Å²) in [5.74, 6) is -0.981. The van der Waals surface area contributed by atoms with E-state index in [1.807, 2.05) is 19.1 Å². The van der Waals surface area contributed by atoms with Crippen LogP contribution in [-0.4, -0.2) is 33.4 Å². The first-order valence-electron chi connectivity index (χ1n) is 9.38. The number of anilines is 2. The first-order valence-corrected chi connectivity index (χ1v) is 9.38. The number of nitrogens with one attached hydrogen (secondary N) is 1. The molecule has 8 heteroatoms. The number of aryl methyl sites for hydroxylation is 1. The lowest BCUT2D eigenvalue weighted by Crippen LogP contribution is -2.34. The summed E-state index contributed by atoms with van der Waals surface area (Å²) in [6.07, 6.45) is 2.74. The maximum absolute atomic E-state index is 14.1. The number of halogens is 2. The number of carbonyl (C=O) groups excluding carboxylic acids is 1. The molecule has 6 nitrogen and oxygen atoms in total. The van der Waals surface area contributed by atoms with Crippen molar-refractivity contribution < 1.29 is 13.6 Å². The minimum absolute atomic E-state index is 0.215. The normalized spacial score (nSPS) is 16.3. The number of aromatic nitrogens is 3. The molecule has 0 saturated carbocycles. The van der Waals surface area contributed by atoms with Crippen molar-refractivity contribution in [3.63, 3.8) is 0 Å². The Morgan fingerprint density at radius 2 is 1.93 bits per heavy atom. The number of amides is 1. The monoisotopic (exact) mass is 395 g/mol. The number of para-hydroxylation sites is 1. The van der Waals surface area contributed by atoms with Gasteiger partial charge in [0.1, 0.15) is 34.9 Å². The Kier molecular flexibility index (Phi) is 5.16. The van der Waals surface area contributed by atoms with Gasteiger partial charge >= 0.3 is 0 Å². The van der Waals surface area contributed by atoms with Crippen LogP contribution in [0.15, 0.2) is 48.7 Å². The fourth-order valence-corrected chi connectivity index (χ4v) is 3.32. The van der Waals surface area contributed by atoms with Gasteiger partial charge < -0.3 is 10.2 Å². The molecule has 4 rings (SSSR count). The molecule has 0 spiro atoms. The summed E-state index contributed by atoms with van der Waals surface area (Å²) < 4.78 is 28.2. The minimum atomic E-state index is -0.758. The van der Waals surface area contributed by atoms with Gasteiger partial charge in [-0.05, 0) is 37.1 Å². The van der Waals surface area contributed by atoms with Crippen molar-refractivity contribution >= 4 is 17.4 Å². The molecule has 1 aromatic carbocycles. The number of rotatable bonds is 5. The van der Waals surface area contributed by atoms with E-state index < -0.39 is 23.6 Å². The standard InChI is InChI=1S/C21H19F2N5O/c1-2-13-12-18(27-20(25-13)16-8-3-4-10-24-16)26-17-9-11-28(21(17)29)19-14(22)6-5-7-15(19)23/h3-8,10,12,17H,2,9,11H2,1H3,(H,25,26,27). The van der Waals surface area contributed by atoms with Crippen LogP contribution in [0.4, 0.5) is 20.3 Å². The van der Waals surface area contributed by atoms with E-state index in [1.54, 1.807) is 18.3 Å². The predicted octanol–water partition coefficient (Wildman–Crippen LogP) is 3.60. The number of pyridine rings is 1. The van der Waals surface area contributed by atoms with E-state index in [0.717, 1.165) is 22.7 Å². The van der Waals surface area contributed by atoms with Crippen LogP contribution in [0.25, 0.3) is 11.5 Å². The first-order chi connectivity index (χ1) is 14.1. The number of hydrogen-bond acceptors (Lipinski definition) is 5. The molecule has 1 aliphatic heterocycles. The van der Waals surface area contributed by atoms with Crippen molar-refractivity contribution in [1.82, 2.24) is 15.0 Å². The van der Waals surface area contributed by atoms with Gasteiger partial charge in [0.2, 0.25) is 5.91 Å². The summed E-state index contributed by atoms with van der Waals surface area (Å²) >= 11 is 0. The molecule has 1 atom stereocenters. The second-order valence-electron chi connectivity index (χ2n) is 6.68. The Bertz CT molecular complexity index is 1020. The molecule has 1 unspecified atom stereocenters. The first kappa shape index (κ1) is 18.9. The summed E-state index contributed by atoms with van der Waals surface area (Å²) in [4.78, 5) is 27.2. The summed E-state index contributed by atoms with van der Waals surface area (Å²) in [6, 6.07) is 10.2. The molecule has 29 heavy (non-hydrogen) atoms. The van der Waals surface area contributed by atoms with Crippen molar-refractivity contribution in [3.05, 3.63) is 66.0 Å². The smallest absolute Gasteiger partial charge is 0.249 e. The molecule has 148 valence electrons. The third-order valence-corrected chi connectivity index (χ3v) is 4.77. The van der Waals surface area contributed by atoms with E-state index >= 15 is 0 Å². The second-order valence-corrected chi connectivity index (χ2v) is 6.68. The van der Waals surface area contributed by atoms with Gasteiger partial charge in [-0.2, -0.15) is 0 Å². The molecule has 1 amide bonds. The number of carbonyl (C=O) groups is 1. The summed E-state index contributed by atoms with van der Waals surface area (Å²) in [7, 11) is 0. The molecule has 3 heterocycles. The van der Waals surface area contributed by atoms with E-state index in [-0.39, 0.29) is 12.2 Å². The SMILES string of the molecule is CCc1cc(NC2CCN(c3c(F)cccc3F)C2=O)nc(-c2ccccn2)n1. The van der Waals surface area contributed by atoms with Gasteiger partial charge in [0.25, 0.3) is 0 Å². The molecule has 0 radical (unpaired) electrons. The van der Waals surface area contributed by atoms with Crippen LogP contribution in [0.2, 0.25) is 0 Å². The quantitative estimate of drug-likeness (QED) is 0.715. The van der Waals surface area contributed by atoms with E-state index in [1.165, 1.54) is 6.07 Å². The van der Waals surface area contributed by atoms with Crippen LogP contribution >= 0.6 is 0 Å². The number of hydrogen-bond donors (Lipinski definition) is 1. The van der Waals surface area contributed by atoms with Gasteiger partial charge in [-0.25, -0.2) is 18.7 Å². The maximum Gasteiger partial charge on any atom is 0.249 e. The van der Waals surface area contributed by atoms with E-state index in [4.69, 9.17) is 0 Å². The van der Waals surface area contributed by atoms with E-state index in [9.17, 15) is 13.6 Å². The average Bonchev–Trinajstić information content (AvgIpc) is 3.08. The minimum Gasteiger partial charge on any atom is -0.358 e. The molecular formula is C21H19F2N5O. The lowest BCUT2D eigenvalue weighted by atomic mass is 10.2. The van der Waals surface area contributed by atoms with E-state index in [2.05, 4.69) is 20.3 Å². The van der Waals surface area contributed by atoms with Crippen molar-refractivity contribution in [2.24, 2.45) is 0 Å². The van der Waals surface area contributed by atoms with Crippen LogP contribution in [0.5, 0.6) is 0 Å². The zero-order chi connectivity index (χ0) is 20.4. The molecule has 1 saturated heterocycles. The average molecular weight is 395 g/mol. The van der Waals surface area contributed by atoms with Gasteiger partial charge in [-0.3, -0.25) is 9.78 Å². The van der Waals surface area contributed by atoms with Crippen LogP contribution in [-0.2, 0) is 11.2 Å². The molecule has 1 fully saturated rings. The predicted molar refractivity (Wildman–Crippen MR) is 105 cm³/mol. The van der Waals surface area contributed by atoms with Gasteiger partial charge in [-0.15, -0.1) is 0 Å². The summed E-state index contributed by atoms with van der Waals surface area (Å²) in [5.41, 5.74) is 1.11. The van der Waals surface area contributed by atoms with Crippen molar-refractivity contribution in [2.75, 3.05) is 16.8 Å². The Hall–Kier alpha value is -3.42. The fraction of sp³-hybridized carbons (Fsp3) is 0.238.